The van der Waals surface area contributed by atoms with Gasteiger partial charge in [0, 0.05) is 5.02 Å². The maximum absolute atomic E-state index is 12.9. The molecule has 0 saturated carbocycles. The van der Waals surface area contributed by atoms with Crippen LogP contribution in [0.25, 0.3) is 0 Å². The first kappa shape index (κ1) is 15.8. The number of aryl methyl sites for hydroxylation is 1. The van der Waals surface area contributed by atoms with E-state index in [1.54, 1.807) is 29.3 Å². The fourth-order valence-corrected chi connectivity index (χ4v) is 3.29. The van der Waals surface area contributed by atoms with E-state index in [0.717, 1.165) is 16.0 Å². The SMILES string of the molecule is Cc1ccc(CN2N=N[C@@H]3C(=O)N(c4cccc(Cl)c4)C(=O)[C@H]32)cc1. The molecule has 1 fully saturated rings. The number of benzene rings is 2. The fraction of sp³-hybridized carbons (Fsp3) is 0.222. The lowest BCUT2D eigenvalue weighted by atomic mass is 10.1. The molecule has 0 unspecified atom stereocenters. The van der Waals surface area contributed by atoms with E-state index in [4.69, 9.17) is 11.6 Å². The normalized spacial score (nSPS) is 22.0. The predicted molar refractivity (Wildman–Crippen MR) is 93.1 cm³/mol. The highest BCUT2D eigenvalue weighted by atomic mass is 35.5. The number of fused-ring (bicyclic) bond motifs is 1. The Labute approximate surface area is 149 Å². The van der Waals surface area contributed by atoms with Gasteiger partial charge in [-0.15, -0.1) is 0 Å². The molecule has 2 aromatic rings. The predicted octanol–water partition coefficient (Wildman–Crippen LogP) is 3.14. The monoisotopic (exact) mass is 354 g/mol. The van der Waals surface area contributed by atoms with Crippen LogP contribution in [-0.4, -0.2) is 28.9 Å². The molecule has 0 N–H and O–H groups in total. The molecular weight excluding hydrogens is 340 g/mol. The summed E-state index contributed by atoms with van der Waals surface area (Å²) in [6.45, 7) is 2.44. The van der Waals surface area contributed by atoms with Crippen molar-refractivity contribution < 1.29 is 9.59 Å². The zero-order valence-corrected chi connectivity index (χ0v) is 14.2. The van der Waals surface area contributed by atoms with E-state index in [-0.39, 0.29) is 11.8 Å². The Bertz CT molecular complexity index is 881. The summed E-state index contributed by atoms with van der Waals surface area (Å²) in [5.74, 6) is -0.693. The van der Waals surface area contributed by atoms with E-state index in [0.29, 0.717) is 17.3 Å². The second kappa shape index (κ2) is 5.97. The van der Waals surface area contributed by atoms with Crippen molar-refractivity contribution in [3.05, 3.63) is 64.7 Å². The number of halogens is 1. The number of hydrogen-bond acceptors (Lipinski definition) is 5. The maximum Gasteiger partial charge on any atom is 0.263 e. The molecule has 2 heterocycles. The molecule has 2 aliphatic rings. The van der Waals surface area contributed by atoms with Crippen LogP contribution >= 0.6 is 11.6 Å². The van der Waals surface area contributed by atoms with E-state index < -0.39 is 12.1 Å². The number of carbonyl (C=O) groups is 2. The quantitative estimate of drug-likeness (QED) is 0.795. The summed E-state index contributed by atoms with van der Waals surface area (Å²) in [5, 5.41) is 10.1. The van der Waals surface area contributed by atoms with Crippen molar-refractivity contribution >= 4 is 29.1 Å². The number of rotatable bonds is 3. The summed E-state index contributed by atoms with van der Waals surface area (Å²) in [5.41, 5.74) is 2.62. The minimum absolute atomic E-state index is 0.325. The van der Waals surface area contributed by atoms with Crippen LogP contribution in [0.15, 0.2) is 58.9 Å². The van der Waals surface area contributed by atoms with Crippen molar-refractivity contribution in [1.29, 1.82) is 0 Å². The third-order valence-electron chi connectivity index (χ3n) is 4.39. The van der Waals surface area contributed by atoms with Crippen LogP contribution in [-0.2, 0) is 16.1 Å². The molecule has 2 amide bonds. The van der Waals surface area contributed by atoms with E-state index in [1.165, 1.54) is 0 Å². The average Bonchev–Trinajstić information content (AvgIpc) is 3.10. The van der Waals surface area contributed by atoms with Crippen LogP contribution in [0.5, 0.6) is 0 Å². The Morgan fingerprint density at radius 2 is 1.84 bits per heavy atom. The van der Waals surface area contributed by atoms with Gasteiger partial charge in [0.1, 0.15) is 0 Å². The van der Waals surface area contributed by atoms with Crippen molar-refractivity contribution in [3.63, 3.8) is 0 Å². The highest BCUT2D eigenvalue weighted by molar-refractivity contribution is 6.31. The Hall–Kier alpha value is -2.73. The van der Waals surface area contributed by atoms with Crippen LogP contribution in [0, 0.1) is 6.92 Å². The minimum Gasteiger partial charge on any atom is -0.271 e. The lowest BCUT2D eigenvalue weighted by Gasteiger charge is -2.20. The molecule has 4 rings (SSSR count). The lowest BCUT2D eigenvalue weighted by Crippen LogP contribution is -2.39. The number of nitrogens with zero attached hydrogens (tertiary/aromatic N) is 4. The maximum atomic E-state index is 12.9. The van der Waals surface area contributed by atoms with Gasteiger partial charge >= 0.3 is 0 Å². The molecule has 0 spiro atoms. The summed E-state index contributed by atoms with van der Waals surface area (Å²) < 4.78 is 0. The van der Waals surface area contributed by atoms with Gasteiger partial charge in [0.15, 0.2) is 12.1 Å². The van der Waals surface area contributed by atoms with E-state index in [2.05, 4.69) is 10.3 Å². The Balaban J connectivity index is 1.60. The van der Waals surface area contributed by atoms with Crippen molar-refractivity contribution in [3.8, 4) is 0 Å². The second-order valence-corrected chi connectivity index (χ2v) is 6.61. The summed E-state index contributed by atoms with van der Waals surface area (Å²) in [4.78, 5) is 26.7. The Morgan fingerprint density at radius 3 is 2.56 bits per heavy atom. The minimum atomic E-state index is -0.795. The highest BCUT2D eigenvalue weighted by Crippen LogP contribution is 2.33. The molecule has 0 bridgehead atoms. The van der Waals surface area contributed by atoms with Gasteiger partial charge in [0.2, 0.25) is 0 Å². The van der Waals surface area contributed by atoms with Gasteiger partial charge in [-0.1, -0.05) is 52.7 Å². The third-order valence-corrected chi connectivity index (χ3v) is 4.62. The molecule has 0 radical (unpaired) electrons. The highest BCUT2D eigenvalue weighted by Gasteiger charge is 2.54. The summed E-state index contributed by atoms with van der Waals surface area (Å²) in [6.07, 6.45) is 0. The molecule has 2 aliphatic heterocycles. The molecule has 2 atom stereocenters. The number of hydrogen-bond donors (Lipinski definition) is 0. The van der Waals surface area contributed by atoms with Gasteiger partial charge in [0.25, 0.3) is 11.8 Å². The van der Waals surface area contributed by atoms with Crippen molar-refractivity contribution in [1.82, 2.24) is 5.01 Å². The third kappa shape index (κ3) is 2.68. The molecule has 2 aromatic carbocycles. The van der Waals surface area contributed by atoms with Gasteiger partial charge in [-0.05, 0) is 30.7 Å². The summed E-state index contributed by atoms with van der Waals surface area (Å²) >= 11 is 5.99. The van der Waals surface area contributed by atoms with Crippen LogP contribution in [0.2, 0.25) is 5.02 Å². The Kier molecular flexibility index (Phi) is 3.77. The zero-order valence-electron chi connectivity index (χ0n) is 13.5. The van der Waals surface area contributed by atoms with Crippen LogP contribution in [0.4, 0.5) is 5.69 Å². The van der Waals surface area contributed by atoms with Gasteiger partial charge in [-0.2, -0.15) is 5.11 Å². The number of carbonyl (C=O) groups excluding carboxylic acids is 2. The van der Waals surface area contributed by atoms with E-state index >= 15 is 0 Å². The number of amides is 2. The fourth-order valence-electron chi connectivity index (χ4n) is 3.10. The van der Waals surface area contributed by atoms with Crippen molar-refractivity contribution in [2.45, 2.75) is 25.6 Å². The molecule has 0 aromatic heterocycles. The second-order valence-electron chi connectivity index (χ2n) is 6.17. The molecule has 1 saturated heterocycles. The van der Waals surface area contributed by atoms with Crippen molar-refractivity contribution in [2.24, 2.45) is 10.3 Å². The van der Waals surface area contributed by atoms with Crippen LogP contribution < -0.4 is 4.90 Å². The smallest absolute Gasteiger partial charge is 0.263 e. The summed E-state index contributed by atoms with van der Waals surface area (Å²) in [7, 11) is 0. The Morgan fingerprint density at radius 1 is 1.08 bits per heavy atom. The van der Waals surface area contributed by atoms with E-state index in [9.17, 15) is 9.59 Å². The molecular formula is C18H15ClN4O2. The number of anilines is 1. The van der Waals surface area contributed by atoms with Crippen molar-refractivity contribution in [2.75, 3.05) is 4.90 Å². The van der Waals surface area contributed by atoms with Gasteiger partial charge in [-0.25, -0.2) is 4.90 Å². The molecule has 0 aliphatic carbocycles. The zero-order chi connectivity index (χ0) is 17.6. The topological polar surface area (TPSA) is 65.3 Å². The standard InChI is InChI=1S/C18H15ClN4O2/c1-11-5-7-12(8-6-11)10-22-16-15(20-21-22)17(24)23(18(16)25)14-4-2-3-13(19)9-14/h2-9,15-16H,10H2,1H3/t15-,16-/m0/s1. The average molecular weight is 355 g/mol. The molecule has 25 heavy (non-hydrogen) atoms. The van der Waals surface area contributed by atoms with E-state index in [1.807, 2.05) is 31.2 Å². The first-order valence-electron chi connectivity index (χ1n) is 7.91. The molecule has 6 nitrogen and oxygen atoms in total. The first-order valence-corrected chi connectivity index (χ1v) is 8.29. The van der Waals surface area contributed by atoms with Crippen LogP contribution in [0.3, 0.4) is 0 Å². The molecule has 126 valence electrons. The van der Waals surface area contributed by atoms with Gasteiger partial charge in [0.05, 0.1) is 12.2 Å². The first-order chi connectivity index (χ1) is 12.0. The lowest BCUT2D eigenvalue weighted by molar-refractivity contribution is -0.123. The molecule has 7 heteroatoms. The number of imide groups is 1. The largest absolute Gasteiger partial charge is 0.271 e. The van der Waals surface area contributed by atoms with Crippen LogP contribution in [0.1, 0.15) is 11.1 Å². The summed E-state index contributed by atoms with van der Waals surface area (Å²) in [6, 6.07) is 13.1. The van der Waals surface area contributed by atoms with Gasteiger partial charge in [-0.3, -0.25) is 14.6 Å². The van der Waals surface area contributed by atoms with Gasteiger partial charge < -0.3 is 0 Å².